The Bertz CT molecular complexity index is 1010. The zero-order valence-corrected chi connectivity index (χ0v) is 15.3. The number of hydroxylamine groups is 3. The minimum absolute atomic E-state index is 0.486. The molecule has 0 bridgehead atoms. The van der Waals surface area contributed by atoms with Crippen molar-refractivity contribution in [2.24, 2.45) is 4.99 Å². The normalized spacial score (nSPS) is 26.9. The molecule has 1 aromatic carbocycles. The SMILES string of the molecule is CC1=C2C(=C(C)CC1)[N+]1([O-])C(=O)C=NC(C)=C1c1cccc3c1N2CC3. The smallest absolute Gasteiger partial charge is 0.367 e. The Hall–Kier alpha value is -2.50. The number of carbonyl (C=O) groups is 1. The highest BCUT2D eigenvalue weighted by molar-refractivity contribution is 6.26. The summed E-state index contributed by atoms with van der Waals surface area (Å²) in [5.74, 6) is -0.508. The highest BCUT2D eigenvalue weighted by atomic mass is 16.6. The largest absolute Gasteiger partial charge is 0.614 e. The van der Waals surface area contributed by atoms with Crippen LogP contribution in [0.4, 0.5) is 5.69 Å². The maximum Gasteiger partial charge on any atom is 0.367 e. The van der Waals surface area contributed by atoms with Gasteiger partial charge in [0.15, 0.2) is 11.4 Å². The first-order chi connectivity index (χ1) is 12.4. The zero-order valence-electron chi connectivity index (χ0n) is 15.3. The lowest BCUT2D eigenvalue weighted by atomic mass is 9.92. The molecule has 1 amide bonds. The molecule has 1 aliphatic carbocycles. The fraction of sp³-hybridized carbons (Fsp3) is 0.333. The molecule has 0 aromatic heterocycles. The van der Waals surface area contributed by atoms with Gasteiger partial charge in [-0.25, -0.2) is 14.4 Å². The maximum atomic E-state index is 14.4. The van der Waals surface area contributed by atoms with Gasteiger partial charge in [0.25, 0.3) is 0 Å². The van der Waals surface area contributed by atoms with Gasteiger partial charge in [0, 0.05) is 6.54 Å². The number of rotatable bonds is 0. The van der Waals surface area contributed by atoms with Crippen LogP contribution in [-0.2, 0) is 11.2 Å². The van der Waals surface area contributed by atoms with Crippen LogP contribution in [-0.4, -0.2) is 23.3 Å². The van der Waals surface area contributed by atoms with Gasteiger partial charge in [-0.1, -0.05) is 12.1 Å². The molecule has 0 spiro atoms. The predicted molar refractivity (Wildman–Crippen MR) is 102 cm³/mol. The highest BCUT2D eigenvalue weighted by Crippen LogP contribution is 2.53. The molecule has 1 atom stereocenters. The second-order valence-corrected chi connectivity index (χ2v) is 7.61. The average Bonchev–Trinajstić information content (AvgIpc) is 3.00. The van der Waals surface area contributed by atoms with Crippen LogP contribution in [0.2, 0.25) is 0 Å². The summed E-state index contributed by atoms with van der Waals surface area (Å²) >= 11 is 0. The van der Waals surface area contributed by atoms with Gasteiger partial charge in [-0.2, -0.15) is 0 Å². The Morgan fingerprint density at radius 2 is 1.85 bits per heavy atom. The summed E-state index contributed by atoms with van der Waals surface area (Å²) in [7, 11) is 0. The van der Waals surface area contributed by atoms with Gasteiger partial charge < -0.3 is 10.1 Å². The third-order valence-electron chi connectivity index (χ3n) is 6.08. The van der Waals surface area contributed by atoms with Gasteiger partial charge in [-0.05, 0) is 62.8 Å². The first-order valence-corrected chi connectivity index (χ1v) is 9.15. The van der Waals surface area contributed by atoms with E-state index in [4.69, 9.17) is 0 Å². The lowest BCUT2D eigenvalue weighted by molar-refractivity contribution is -0.679. The fourth-order valence-electron chi connectivity index (χ4n) is 4.88. The molecule has 0 saturated heterocycles. The van der Waals surface area contributed by atoms with E-state index in [0.717, 1.165) is 48.3 Å². The van der Waals surface area contributed by atoms with Crippen molar-refractivity contribution in [3.8, 4) is 0 Å². The quantitative estimate of drug-likeness (QED) is 0.526. The van der Waals surface area contributed by atoms with Crippen LogP contribution < -0.4 is 4.90 Å². The van der Waals surface area contributed by atoms with Crippen molar-refractivity contribution in [3.63, 3.8) is 0 Å². The average molecular weight is 347 g/mol. The molecule has 3 aliphatic heterocycles. The van der Waals surface area contributed by atoms with Crippen molar-refractivity contribution in [3.05, 3.63) is 62.8 Å². The number of allylic oxidation sites excluding steroid dienone is 3. The summed E-state index contributed by atoms with van der Waals surface area (Å²) in [5.41, 5.74) is 8.07. The third kappa shape index (κ3) is 1.72. The summed E-state index contributed by atoms with van der Waals surface area (Å²) in [6.45, 7) is 6.77. The summed E-state index contributed by atoms with van der Waals surface area (Å²) in [4.78, 5) is 19.5. The van der Waals surface area contributed by atoms with E-state index in [9.17, 15) is 10.0 Å². The first kappa shape index (κ1) is 15.7. The summed E-state index contributed by atoms with van der Waals surface area (Å²) in [5, 5.41) is 14.4. The predicted octanol–water partition coefficient (Wildman–Crippen LogP) is 4.02. The van der Waals surface area contributed by atoms with Crippen molar-refractivity contribution in [2.75, 3.05) is 11.4 Å². The number of benzene rings is 1. The molecule has 5 heteroatoms. The number of nitrogens with zero attached hydrogens (tertiary/aromatic N) is 3. The summed E-state index contributed by atoms with van der Waals surface area (Å²) in [6.07, 6.45) is 3.91. The number of carbonyl (C=O) groups excluding carboxylic acids is 1. The zero-order chi connectivity index (χ0) is 18.2. The second-order valence-electron chi connectivity index (χ2n) is 7.61. The number of amides is 1. The summed E-state index contributed by atoms with van der Waals surface area (Å²) in [6, 6.07) is 6.09. The van der Waals surface area contributed by atoms with Crippen LogP contribution in [0, 0.1) is 5.21 Å². The van der Waals surface area contributed by atoms with E-state index in [2.05, 4.69) is 22.9 Å². The molecule has 26 heavy (non-hydrogen) atoms. The van der Waals surface area contributed by atoms with Crippen molar-refractivity contribution in [1.29, 1.82) is 0 Å². The number of para-hydroxylation sites is 1. The molecule has 0 N–H and O–H groups in total. The van der Waals surface area contributed by atoms with Gasteiger partial charge in [-0.15, -0.1) is 0 Å². The molecule has 0 saturated carbocycles. The van der Waals surface area contributed by atoms with Crippen molar-refractivity contribution in [1.82, 2.24) is 0 Å². The number of hydrogen-bond acceptors (Lipinski definition) is 4. The molecule has 0 radical (unpaired) electrons. The standard InChI is InChI=1S/C21H21N3O2/c1-12-7-8-13(2)20-18(12)23-10-9-15-5-4-6-16(19(15)23)21-14(3)22-11-17(25)24(20,21)26/h4-6,11H,7-10H2,1-3H3. The van der Waals surface area contributed by atoms with Gasteiger partial charge in [0.2, 0.25) is 0 Å². The lowest BCUT2D eigenvalue weighted by Gasteiger charge is -2.44. The van der Waals surface area contributed by atoms with E-state index >= 15 is 0 Å². The molecule has 3 heterocycles. The Morgan fingerprint density at radius 3 is 2.65 bits per heavy atom. The third-order valence-corrected chi connectivity index (χ3v) is 6.08. The Labute approximate surface area is 152 Å². The number of aliphatic imine (C=N–C) groups is 1. The topological polar surface area (TPSA) is 55.7 Å². The van der Waals surface area contributed by atoms with E-state index in [-0.39, 0.29) is 0 Å². The minimum atomic E-state index is -1.04. The van der Waals surface area contributed by atoms with Gasteiger partial charge in [0.05, 0.1) is 11.3 Å². The second kappa shape index (κ2) is 5.02. The summed E-state index contributed by atoms with van der Waals surface area (Å²) < 4.78 is -1.04. The molecule has 1 unspecified atom stereocenters. The number of fused-ring (bicyclic) bond motifs is 5. The van der Waals surface area contributed by atoms with Crippen molar-refractivity contribution >= 4 is 23.5 Å². The maximum absolute atomic E-state index is 14.4. The van der Waals surface area contributed by atoms with Crippen LogP contribution >= 0.6 is 0 Å². The molecule has 4 aliphatic rings. The van der Waals surface area contributed by atoms with E-state index in [1.807, 2.05) is 26.0 Å². The Balaban J connectivity index is 1.99. The lowest BCUT2D eigenvalue weighted by Crippen LogP contribution is -2.49. The minimum Gasteiger partial charge on any atom is -0.614 e. The highest BCUT2D eigenvalue weighted by Gasteiger charge is 2.50. The van der Waals surface area contributed by atoms with Crippen LogP contribution in [0.3, 0.4) is 0 Å². The van der Waals surface area contributed by atoms with Crippen molar-refractivity contribution < 1.29 is 9.44 Å². The first-order valence-electron chi connectivity index (χ1n) is 9.15. The van der Waals surface area contributed by atoms with E-state index in [0.29, 0.717) is 17.1 Å². The molecule has 5 rings (SSSR count). The fourth-order valence-corrected chi connectivity index (χ4v) is 4.88. The Morgan fingerprint density at radius 1 is 1.08 bits per heavy atom. The van der Waals surface area contributed by atoms with E-state index < -0.39 is 10.6 Å². The number of hydrogen-bond donors (Lipinski definition) is 0. The van der Waals surface area contributed by atoms with Gasteiger partial charge in [0.1, 0.15) is 17.6 Å². The van der Waals surface area contributed by atoms with Gasteiger partial charge in [-0.3, -0.25) is 0 Å². The van der Waals surface area contributed by atoms with E-state index in [1.165, 1.54) is 17.4 Å². The van der Waals surface area contributed by atoms with E-state index in [1.54, 1.807) is 0 Å². The Kier molecular flexibility index (Phi) is 3.04. The molecular formula is C21H21N3O2. The monoisotopic (exact) mass is 347 g/mol. The van der Waals surface area contributed by atoms with Crippen LogP contribution in [0.25, 0.3) is 5.70 Å². The molecular weight excluding hydrogens is 326 g/mol. The number of anilines is 1. The van der Waals surface area contributed by atoms with Crippen LogP contribution in [0.15, 0.2) is 51.4 Å². The number of quaternary nitrogens is 1. The van der Waals surface area contributed by atoms with Gasteiger partial charge >= 0.3 is 5.91 Å². The van der Waals surface area contributed by atoms with Crippen LogP contribution in [0.5, 0.6) is 0 Å². The van der Waals surface area contributed by atoms with Crippen LogP contribution in [0.1, 0.15) is 44.7 Å². The molecule has 5 nitrogen and oxygen atoms in total. The molecule has 0 fully saturated rings. The molecule has 1 aromatic rings. The van der Waals surface area contributed by atoms with Crippen molar-refractivity contribution in [2.45, 2.75) is 40.0 Å². The molecule has 132 valence electrons.